The van der Waals surface area contributed by atoms with Crippen molar-refractivity contribution in [2.24, 2.45) is 0 Å². The Morgan fingerprint density at radius 1 is 1.19 bits per heavy atom. The average molecular weight is 607 g/mol. The Hall–Kier alpha value is -4.42. The second kappa shape index (κ2) is 10.1. The van der Waals surface area contributed by atoms with Gasteiger partial charge in [0.2, 0.25) is 10.0 Å². The number of pyridine rings is 1. The zero-order valence-corrected chi connectivity index (χ0v) is 23.8. The number of ether oxygens (including phenoxy) is 1. The van der Waals surface area contributed by atoms with Crippen LogP contribution in [0.15, 0.2) is 53.1 Å². The van der Waals surface area contributed by atoms with Crippen LogP contribution in [0, 0.1) is 5.82 Å². The van der Waals surface area contributed by atoms with Crippen molar-refractivity contribution in [3.63, 3.8) is 0 Å². The predicted octanol–water partition coefficient (Wildman–Crippen LogP) is 5.41. The Kier molecular flexibility index (Phi) is 6.73. The Morgan fingerprint density at radius 3 is 2.63 bits per heavy atom. The Labute approximate surface area is 247 Å². The zero-order chi connectivity index (χ0) is 29.5. The summed E-state index contributed by atoms with van der Waals surface area (Å²) in [6.45, 7) is -0.347. The minimum Gasteiger partial charge on any atom is -0.465 e. The zero-order valence-electron chi connectivity index (χ0n) is 23.0. The lowest BCUT2D eigenvalue weighted by molar-refractivity contribution is 0.0611. The van der Waals surface area contributed by atoms with Crippen LogP contribution >= 0.6 is 0 Å². The summed E-state index contributed by atoms with van der Waals surface area (Å²) in [4.78, 5) is 17.6. The van der Waals surface area contributed by atoms with E-state index < -0.39 is 22.1 Å². The molecule has 3 aromatic heterocycles. The number of rotatable bonds is 6. The van der Waals surface area contributed by atoms with Crippen molar-refractivity contribution >= 4 is 43.5 Å². The number of hydrogen-bond donors (Lipinski definition) is 2. The van der Waals surface area contributed by atoms with E-state index in [2.05, 4.69) is 10.3 Å². The Bertz CT molecular complexity index is 2050. The maximum Gasteiger partial charge on any atom is 0.255 e. The largest absolute Gasteiger partial charge is 0.465 e. The highest BCUT2D eigenvalue weighted by Gasteiger charge is 2.35. The second-order valence-corrected chi connectivity index (χ2v) is 12.7. The highest BCUT2D eigenvalue weighted by Crippen LogP contribution is 2.48. The number of carbonyl (C=O) groups excluding carboxylic acids is 1. The first-order valence-corrected chi connectivity index (χ1v) is 15.3. The highest BCUT2D eigenvalue weighted by atomic mass is 32.2. The van der Waals surface area contributed by atoms with E-state index in [1.54, 1.807) is 48.0 Å². The fourth-order valence-corrected chi connectivity index (χ4v) is 6.23. The minimum absolute atomic E-state index is 0. The van der Waals surface area contributed by atoms with E-state index in [1.165, 1.54) is 19.3 Å². The lowest BCUT2D eigenvalue weighted by Crippen LogP contribution is -2.25. The van der Waals surface area contributed by atoms with Crippen LogP contribution in [0.2, 0.25) is 0 Å². The molecule has 43 heavy (non-hydrogen) atoms. The molecule has 4 heterocycles. The number of aliphatic hydroxyl groups is 1. The van der Waals surface area contributed by atoms with Gasteiger partial charge in [0.25, 0.3) is 5.91 Å². The molecule has 1 unspecified atom stereocenters. The molecule has 1 aliphatic heterocycles. The lowest BCUT2D eigenvalue weighted by atomic mass is 10.00. The molecule has 0 radical (unpaired) electrons. The summed E-state index contributed by atoms with van der Waals surface area (Å²) in [6.07, 6.45) is 3.63. The molecule has 0 bridgehead atoms. The van der Waals surface area contributed by atoms with E-state index >= 15 is 0 Å². The SMILES string of the molecule is C.CNC(=O)c1c(C2CC2)oc2cc(N(C)S(C)(=O)=O)c(-c3cc4c(cn3)OC(CO)n3c-4cc4c(F)cccc43)cc12. The number of nitrogens with one attached hydrogen (secondary N) is 1. The summed E-state index contributed by atoms with van der Waals surface area (Å²) in [7, 11) is -0.700. The number of carbonyl (C=O) groups is 1. The van der Waals surface area contributed by atoms with Gasteiger partial charge in [0, 0.05) is 48.0 Å². The van der Waals surface area contributed by atoms with Gasteiger partial charge in [0.15, 0.2) is 6.23 Å². The monoisotopic (exact) mass is 606 g/mol. The lowest BCUT2D eigenvalue weighted by Gasteiger charge is -2.29. The first kappa shape index (κ1) is 28.7. The molecule has 1 amide bonds. The first-order valence-electron chi connectivity index (χ1n) is 13.4. The maximum absolute atomic E-state index is 14.8. The van der Waals surface area contributed by atoms with E-state index in [0.717, 1.165) is 23.4 Å². The molecule has 12 heteroatoms. The molecular formula is C31H31FN4O6S. The van der Waals surface area contributed by atoms with Crippen molar-refractivity contribution in [3.8, 4) is 28.3 Å². The van der Waals surface area contributed by atoms with E-state index in [-0.39, 0.29) is 25.9 Å². The molecule has 1 aliphatic carbocycles. The van der Waals surface area contributed by atoms with Crippen LogP contribution < -0.4 is 14.4 Å². The van der Waals surface area contributed by atoms with Crippen molar-refractivity contribution in [2.45, 2.75) is 32.4 Å². The van der Waals surface area contributed by atoms with Gasteiger partial charge >= 0.3 is 0 Å². The number of amides is 1. The van der Waals surface area contributed by atoms with Gasteiger partial charge in [0.1, 0.15) is 22.9 Å². The number of aromatic nitrogens is 2. The van der Waals surface area contributed by atoms with Gasteiger partial charge in [0.05, 0.1) is 47.2 Å². The third-order valence-corrected chi connectivity index (χ3v) is 9.22. The van der Waals surface area contributed by atoms with Crippen LogP contribution in [0.25, 0.3) is 44.4 Å². The molecule has 0 saturated heterocycles. The van der Waals surface area contributed by atoms with Crippen LogP contribution in [-0.4, -0.2) is 55.9 Å². The molecule has 224 valence electrons. The van der Waals surface area contributed by atoms with E-state index in [9.17, 15) is 22.7 Å². The maximum atomic E-state index is 14.8. The van der Waals surface area contributed by atoms with Gasteiger partial charge in [-0.3, -0.25) is 14.1 Å². The number of sulfonamides is 1. The van der Waals surface area contributed by atoms with Crippen LogP contribution in [-0.2, 0) is 10.0 Å². The molecule has 2 N–H and O–H groups in total. The van der Waals surface area contributed by atoms with Crippen molar-refractivity contribution in [2.75, 3.05) is 31.3 Å². The standard InChI is InChI=1S/C30H27FN4O6S.CH4/c1-32-30(37)28-19-9-17(23(34(2)42(3,38)39)12-25(19)41-29(28)15-7-8-15)21-10-18-24-11-16-20(31)5-4-6-22(16)35(24)27(14-36)40-26(18)13-33-21;/h4-6,9-13,15,27,36H,7-8,14H2,1-3H3,(H,32,37);1H4. The van der Waals surface area contributed by atoms with Gasteiger partial charge in [-0.2, -0.15) is 0 Å². The van der Waals surface area contributed by atoms with Crippen LogP contribution in [0.4, 0.5) is 10.1 Å². The van der Waals surface area contributed by atoms with E-state index in [0.29, 0.717) is 67.1 Å². The average Bonchev–Trinajstić information content (AvgIpc) is 3.64. The summed E-state index contributed by atoms with van der Waals surface area (Å²) >= 11 is 0. The van der Waals surface area contributed by atoms with Crippen LogP contribution in [0.5, 0.6) is 5.75 Å². The summed E-state index contributed by atoms with van der Waals surface area (Å²) in [5.74, 6) is 0.405. The Morgan fingerprint density at radius 2 is 1.95 bits per heavy atom. The van der Waals surface area contributed by atoms with Gasteiger partial charge in [-0.1, -0.05) is 13.5 Å². The fraction of sp³-hybridized carbons (Fsp3) is 0.290. The topological polar surface area (TPSA) is 127 Å². The van der Waals surface area contributed by atoms with Crippen LogP contribution in [0.3, 0.4) is 0 Å². The number of furan rings is 1. The number of nitrogens with zero attached hydrogens (tertiary/aromatic N) is 3. The van der Waals surface area contributed by atoms with Crippen molar-refractivity contribution < 1.29 is 31.9 Å². The Balaban J connectivity index is 0.00000329. The quantitative estimate of drug-likeness (QED) is 0.265. The molecule has 5 aromatic rings. The number of benzene rings is 2. The summed E-state index contributed by atoms with van der Waals surface area (Å²) in [5.41, 5.74) is 3.75. The second-order valence-electron chi connectivity index (χ2n) is 10.7. The van der Waals surface area contributed by atoms with E-state index in [4.69, 9.17) is 9.15 Å². The van der Waals surface area contributed by atoms with Crippen molar-refractivity contribution in [1.82, 2.24) is 14.9 Å². The highest BCUT2D eigenvalue weighted by molar-refractivity contribution is 7.92. The molecule has 7 rings (SSSR count). The summed E-state index contributed by atoms with van der Waals surface area (Å²) in [5, 5.41) is 13.7. The number of anilines is 1. The van der Waals surface area contributed by atoms with Crippen molar-refractivity contribution in [3.05, 3.63) is 65.8 Å². The smallest absolute Gasteiger partial charge is 0.255 e. The summed E-state index contributed by atoms with van der Waals surface area (Å²) < 4.78 is 55.3. The van der Waals surface area contributed by atoms with Crippen LogP contribution in [0.1, 0.15) is 48.5 Å². The molecule has 1 atom stereocenters. The molecule has 10 nitrogen and oxygen atoms in total. The van der Waals surface area contributed by atoms with E-state index in [1.807, 2.05) is 0 Å². The van der Waals surface area contributed by atoms with Gasteiger partial charge < -0.3 is 24.1 Å². The number of hydrogen-bond acceptors (Lipinski definition) is 7. The normalized spacial score (nSPS) is 15.9. The first-order chi connectivity index (χ1) is 20.1. The molecule has 2 aromatic carbocycles. The summed E-state index contributed by atoms with van der Waals surface area (Å²) in [6, 6.07) is 11.5. The molecule has 1 saturated carbocycles. The third kappa shape index (κ3) is 4.43. The molecular weight excluding hydrogens is 575 g/mol. The third-order valence-electron chi connectivity index (χ3n) is 8.03. The predicted molar refractivity (Wildman–Crippen MR) is 162 cm³/mol. The van der Waals surface area contributed by atoms with Gasteiger partial charge in [-0.25, -0.2) is 12.8 Å². The number of halogens is 1. The molecule has 0 spiro atoms. The van der Waals surface area contributed by atoms with Gasteiger partial charge in [-0.05, 0) is 43.2 Å². The van der Waals surface area contributed by atoms with Crippen molar-refractivity contribution in [1.29, 1.82) is 0 Å². The minimum atomic E-state index is -3.70. The molecule has 1 fully saturated rings. The number of fused-ring (bicyclic) bond motifs is 6. The fourth-order valence-electron chi connectivity index (χ4n) is 5.72. The van der Waals surface area contributed by atoms with Gasteiger partial charge in [-0.15, -0.1) is 0 Å². The number of aliphatic hydroxyl groups excluding tert-OH is 1. The molecule has 2 aliphatic rings.